The molecule has 1 aliphatic carbocycles. The summed E-state index contributed by atoms with van der Waals surface area (Å²) in [6.45, 7) is 7.48. The van der Waals surface area contributed by atoms with Crippen molar-refractivity contribution in [2.24, 2.45) is 0 Å². The third-order valence-electron chi connectivity index (χ3n) is 8.66. The first-order valence-corrected chi connectivity index (χ1v) is 13.4. The number of benzene rings is 3. The molecule has 1 saturated carbocycles. The lowest BCUT2D eigenvalue weighted by Gasteiger charge is -2.60. The first kappa shape index (κ1) is 26.0. The average Bonchev–Trinajstić information content (AvgIpc) is 2.91. The van der Waals surface area contributed by atoms with E-state index < -0.39 is 11.0 Å². The number of rotatable bonds is 6. The summed E-state index contributed by atoms with van der Waals surface area (Å²) in [6, 6.07) is 21.2. The minimum absolute atomic E-state index is 0.0177. The highest BCUT2D eigenvalue weighted by Gasteiger charge is 2.61. The second-order valence-electron chi connectivity index (χ2n) is 10.9. The Labute approximate surface area is 224 Å². The number of ether oxygens (including phenoxy) is 1. The molecule has 1 heterocycles. The molecule has 2 fully saturated rings. The lowest BCUT2D eigenvalue weighted by molar-refractivity contribution is -0.188. The van der Waals surface area contributed by atoms with Gasteiger partial charge in [0.1, 0.15) is 11.4 Å². The molecule has 3 unspecified atom stereocenters. The molecule has 0 radical (unpaired) electrons. The van der Waals surface area contributed by atoms with Crippen LogP contribution in [0.1, 0.15) is 48.5 Å². The number of hydrogen-bond acceptors (Lipinski definition) is 5. The van der Waals surface area contributed by atoms with E-state index in [4.69, 9.17) is 4.74 Å². The van der Waals surface area contributed by atoms with Gasteiger partial charge in [0, 0.05) is 44.1 Å². The van der Waals surface area contributed by atoms with E-state index in [0.717, 1.165) is 29.3 Å². The zero-order valence-electron chi connectivity index (χ0n) is 22.2. The molecule has 198 valence electrons. The van der Waals surface area contributed by atoms with Gasteiger partial charge >= 0.3 is 5.97 Å². The van der Waals surface area contributed by atoms with Gasteiger partial charge in [0.25, 0.3) is 5.91 Å². The number of hydrogen-bond donors (Lipinski definition) is 1. The molecule has 1 N–H and O–H groups in total. The zero-order chi connectivity index (χ0) is 26.9. The number of piperidine rings is 1. The number of carbonyl (C=O) groups is 2. The number of aromatic hydroxyl groups is 1. The first-order chi connectivity index (χ1) is 18.3. The topological polar surface area (TPSA) is 70.1 Å². The largest absolute Gasteiger partial charge is 0.508 e. The third-order valence-corrected chi connectivity index (χ3v) is 8.66. The lowest BCUT2D eigenvalue weighted by atomic mass is 9.55. The van der Waals surface area contributed by atoms with Crippen molar-refractivity contribution in [2.45, 2.75) is 49.7 Å². The summed E-state index contributed by atoms with van der Waals surface area (Å²) in [5.74, 6) is -0.144. The van der Waals surface area contributed by atoms with Gasteiger partial charge in [-0.2, -0.15) is 0 Å². The van der Waals surface area contributed by atoms with Crippen molar-refractivity contribution in [3.8, 4) is 5.75 Å². The van der Waals surface area contributed by atoms with Crippen LogP contribution in [-0.4, -0.2) is 65.1 Å². The SMILES string of the molecule is C=CCN1CCC2(c3cccc(O)c3)CC(N(C)C(=O)c3ccc4ccccc4c3)CCC2(OC(C)=O)C1. The molecule has 6 nitrogen and oxygen atoms in total. The molecule has 1 amide bonds. The van der Waals surface area contributed by atoms with Gasteiger partial charge in [0.15, 0.2) is 0 Å². The molecule has 3 atom stereocenters. The lowest BCUT2D eigenvalue weighted by Crippen LogP contribution is -2.68. The van der Waals surface area contributed by atoms with E-state index in [0.29, 0.717) is 37.9 Å². The summed E-state index contributed by atoms with van der Waals surface area (Å²) >= 11 is 0. The molecule has 1 aliphatic heterocycles. The maximum atomic E-state index is 13.7. The molecule has 2 aliphatic rings. The number of carbonyl (C=O) groups excluding carboxylic acids is 2. The summed E-state index contributed by atoms with van der Waals surface area (Å²) in [5, 5.41) is 12.6. The highest BCUT2D eigenvalue weighted by Crippen LogP contribution is 2.54. The van der Waals surface area contributed by atoms with Crippen molar-refractivity contribution in [3.63, 3.8) is 0 Å². The van der Waals surface area contributed by atoms with Crippen LogP contribution < -0.4 is 0 Å². The second kappa shape index (κ2) is 10.3. The number of likely N-dealkylation sites (tertiary alicyclic amines) is 1. The number of fused-ring (bicyclic) bond motifs is 2. The Bertz CT molecular complexity index is 1370. The maximum absolute atomic E-state index is 13.7. The average molecular weight is 513 g/mol. The Morgan fingerprint density at radius 1 is 1.11 bits per heavy atom. The number of phenols is 1. The van der Waals surface area contributed by atoms with Gasteiger partial charge in [-0.1, -0.05) is 48.5 Å². The zero-order valence-corrected chi connectivity index (χ0v) is 22.2. The Kier molecular flexibility index (Phi) is 7.01. The molecule has 1 saturated heterocycles. The Morgan fingerprint density at radius 3 is 2.63 bits per heavy atom. The molecule has 5 rings (SSSR count). The van der Waals surface area contributed by atoms with Crippen LogP contribution in [0.25, 0.3) is 10.8 Å². The molecular formula is C32H36N2O4. The smallest absolute Gasteiger partial charge is 0.303 e. The molecule has 3 aromatic rings. The molecule has 0 bridgehead atoms. The van der Waals surface area contributed by atoms with Gasteiger partial charge in [-0.3, -0.25) is 14.5 Å². The normalized spacial score (nSPS) is 25.4. The summed E-state index contributed by atoms with van der Waals surface area (Å²) in [4.78, 5) is 30.4. The first-order valence-electron chi connectivity index (χ1n) is 13.4. The molecule has 0 aromatic heterocycles. The van der Waals surface area contributed by atoms with Crippen LogP contribution in [0.4, 0.5) is 0 Å². The van der Waals surface area contributed by atoms with Gasteiger partial charge in [0.05, 0.1) is 0 Å². The number of nitrogens with zero attached hydrogens (tertiary/aromatic N) is 2. The van der Waals surface area contributed by atoms with Crippen molar-refractivity contribution in [2.75, 3.05) is 26.7 Å². The monoisotopic (exact) mass is 512 g/mol. The second-order valence-corrected chi connectivity index (χ2v) is 10.9. The van der Waals surface area contributed by atoms with E-state index in [1.54, 1.807) is 12.1 Å². The van der Waals surface area contributed by atoms with Crippen molar-refractivity contribution in [1.82, 2.24) is 9.80 Å². The van der Waals surface area contributed by atoms with Crippen LogP contribution in [0.15, 0.2) is 79.4 Å². The fourth-order valence-electron chi connectivity index (χ4n) is 6.82. The van der Waals surface area contributed by atoms with E-state index in [1.807, 2.05) is 72.6 Å². The van der Waals surface area contributed by atoms with Crippen LogP contribution in [0.5, 0.6) is 5.75 Å². The highest BCUT2D eigenvalue weighted by atomic mass is 16.6. The van der Waals surface area contributed by atoms with Crippen LogP contribution in [0, 0.1) is 0 Å². The van der Waals surface area contributed by atoms with Gasteiger partial charge in [-0.05, 0) is 72.8 Å². The van der Waals surface area contributed by atoms with Crippen LogP contribution >= 0.6 is 0 Å². The van der Waals surface area contributed by atoms with Gasteiger partial charge in [-0.15, -0.1) is 6.58 Å². The minimum atomic E-state index is -0.767. The van der Waals surface area contributed by atoms with E-state index in [1.165, 1.54) is 6.92 Å². The van der Waals surface area contributed by atoms with Crippen molar-refractivity contribution in [1.29, 1.82) is 0 Å². The van der Waals surface area contributed by atoms with Gasteiger partial charge in [-0.25, -0.2) is 0 Å². The molecular weight excluding hydrogens is 476 g/mol. The quantitative estimate of drug-likeness (QED) is 0.359. The molecule has 38 heavy (non-hydrogen) atoms. The van der Waals surface area contributed by atoms with Gasteiger partial charge < -0.3 is 14.7 Å². The summed E-state index contributed by atoms with van der Waals surface area (Å²) < 4.78 is 6.28. The fourth-order valence-corrected chi connectivity index (χ4v) is 6.82. The summed E-state index contributed by atoms with van der Waals surface area (Å²) in [6.07, 6.45) is 4.60. The van der Waals surface area contributed by atoms with Gasteiger partial charge in [0.2, 0.25) is 0 Å². The van der Waals surface area contributed by atoms with Crippen molar-refractivity contribution >= 4 is 22.6 Å². The number of phenolic OH excluding ortho intramolecular Hbond substituents is 1. The van der Waals surface area contributed by atoms with Crippen LogP contribution in [0.3, 0.4) is 0 Å². The molecule has 3 aromatic carbocycles. The predicted molar refractivity (Wildman–Crippen MR) is 149 cm³/mol. The maximum Gasteiger partial charge on any atom is 0.303 e. The van der Waals surface area contributed by atoms with Crippen LogP contribution in [-0.2, 0) is 14.9 Å². The third kappa shape index (κ3) is 4.58. The minimum Gasteiger partial charge on any atom is -0.508 e. The fraction of sp³-hybridized carbons (Fsp3) is 0.375. The Morgan fingerprint density at radius 2 is 1.89 bits per heavy atom. The van der Waals surface area contributed by atoms with E-state index >= 15 is 0 Å². The predicted octanol–water partition coefficient (Wildman–Crippen LogP) is 5.30. The summed E-state index contributed by atoms with van der Waals surface area (Å²) in [7, 11) is 1.88. The van der Waals surface area contributed by atoms with E-state index in [-0.39, 0.29) is 23.7 Å². The number of esters is 1. The highest BCUT2D eigenvalue weighted by molar-refractivity contribution is 5.98. The van der Waals surface area contributed by atoms with E-state index in [9.17, 15) is 14.7 Å². The van der Waals surface area contributed by atoms with Crippen molar-refractivity contribution < 1.29 is 19.4 Å². The van der Waals surface area contributed by atoms with E-state index in [2.05, 4.69) is 11.5 Å². The number of amides is 1. The summed E-state index contributed by atoms with van der Waals surface area (Å²) in [5.41, 5.74) is 0.302. The molecule has 0 spiro atoms. The van der Waals surface area contributed by atoms with Crippen molar-refractivity contribution in [3.05, 3.63) is 90.5 Å². The Hall–Kier alpha value is -3.64. The van der Waals surface area contributed by atoms with Crippen LogP contribution in [0.2, 0.25) is 0 Å². The standard InChI is InChI=1S/C32H36N2O4/c1-4-17-34-18-16-31(27-10-7-11-29(36)20-27)21-28(14-15-32(31,22-34)38-23(2)35)33(3)30(37)26-13-12-24-8-5-6-9-25(24)19-26/h4-13,19-20,28,36H,1,14-18,21-22H2,2-3H3. The Balaban J connectivity index is 1.52. The molecule has 6 heteroatoms.